The number of hydrogen-bond donors (Lipinski definition) is 1. The molecule has 1 aromatic rings. The lowest BCUT2D eigenvalue weighted by Gasteiger charge is -2.52. The van der Waals surface area contributed by atoms with Crippen molar-refractivity contribution in [3.63, 3.8) is 0 Å². The molecular weight excluding hydrogens is 245 g/mol. The summed E-state index contributed by atoms with van der Waals surface area (Å²) in [5, 5.41) is 2.39. The minimum atomic E-state index is -0.405. The zero-order chi connectivity index (χ0) is 13.6. The van der Waals surface area contributed by atoms with Gasteiger partial charge in [0.05, 0.1) is 5.92 Å². The van der Waals surface area contributed by atoms with Gasteiger partial charge in [0.25, 0.3) is 0 Å². The lowest BCUT2D eigenvalue weighted by molar-refractivity contribution is -0.145. The van der Waals surface area contributed by atoms with Crippen LogP contribution in [0.5, 0.6) is 0 Å². The fourth-order valence-corrected chi connectivity index (χ4v) is 3.85. The molecule has 1 spiro atoms. The molecule has 1 N–H and O–H groups in total. The van der Waals surface area contributed by atoms with Gasteiger partial charge >= 0.3 is 0 Å². The first-order valence-electron chi connectivity index (χ1n) is 6.59. The van der Waals surface area contributed by atoms with Gasteiger partial charge in [-0.1, -0.05) is 19.1 Å². The number of rotatable bonds is 1. The number of halogens is 1. The van der Waals surface area contributed by atoms with Crippen molar-refractivity contribution in [2.75, 3.05) is 0 Å². The second-order valence-corrected chi connectivity index (χ2v) is 5.95. The lowest BCUT2D eigenvalue weighted by atomic mass is 9.52. The molecule has 1 aromatic carbocycles. The molecule has 1 unspecified atom stereocenters. The van der Waals surface area contributed by atoms with Crippen LogP contribution in [-0.4, -0.2) is 11.8 Å². The highest BCUT2D eigenvalue weighted by atomic mass is 19.1. The molecule has 19 heavy (non-hydrogen) atoms. The molecule has 1 aliphatic carbocycles. The van der Waals surface area contributed by atoms with Crippen LogP contribution in [0, 0.1) is 17.2 Å². The third kappa shape index (κ3) is 1.95. The lowest BCUT2D eigenvalue weighted by Crippen LogP contribution is -2.55. The first kappa shape index (κ1) is 12.3. The third-order valence-electron chi connectivity index (χ3n) is 4.34. The molecule has 1 heterocycles. The van der Waals surface area contributed by atoms with Gasteiger partial charge in [0, 0.05) is 6.42 Å². The van der Waals surface area contributed by atoms with E-state index in [-0.39, 0.29) is 23.0 Å². The number of amides is 2. The third-order valence-corrected chi connectivity index (χ3v) is 4.34. The molecule has 3 nitrogen and oxygen atoms in total. The molecule has 1 atom stereocenters. The molecule has 100 valence electrons. The van der Waals surface area contributed by atoms with Gasteiger partial charge in [0.2, 0.25) is 11.8 Å². The van der Waals surface area contributed by atoms with Gasteiger partial charge in [-0.2, -0.15) is 0 Å². The summed E-state index contributed by atoms with van der Waals surface area (Å²) in [6.45, 7) is 2.12. The van der Waals surface area contributed by atoms with Crippen molar-refractivity contribution in [3.8, 4) is 0 Å². The summed E-state index contributed by atoms with van der Waals surface area (Å²) in [4.78, 5) is 23.8. The number of imide groups is 1. The molecular formula is C15H16FNO2. The summed E-state index contributed by atoms with van der Waals surface area (Å²) in [6, 6.07) is 6.16. The molecule has 3 rings (SSSR count). The summed E-state index contributed by atoms with van der Waals surface area (Å²) in [7, 11) is 0. The van der Waals surface area contributed by atoms with Crippen LogP contribution >= 0.6 is 0 Å². The van der Waals surface area contributed by atoms with Crippen molar-refractivity contribution < 1.29 is 14.0 Å². The molecule has 0 radical (unpaired) electrons. The monoisotopic (exact) mass is 261 g/mol. The summed E-state index contributed by atoms with van der Waals surface area (Å²) in [5.41, 5.74) is 0.379. The number of benzene rings is 1. The average molecular weight is 261 g/mol. The van der Waals surface area contributed by atoms with Crippen LogP contribution in [0.25, 0.3) is 0 Å². The van der Waals surface area contributed by atoms with E-state index in [1.54, 1.807) is 12.1 Å². The molecule has 2 fully saturated rings. The first-order chi connectivity index (χ1) is 9.00. The Bertz CT molecular complexity index is 549. The van der Waals surface area contributed by atoms with E-state index in [9.17, 15) is 14.0 Å². The molecule has 0 aromatic heterocycles. The van der Waals surface area contributed by atoms with Crippen molar-refractivity contribution in [1.82, 2.24) is 5.32 Å². The van der Waals surface area contributed by atoms with Crippen molar-refractivity contribution in [3.05, 3.63) is 35.6 Å². The van der Waals surface area contributed by atoms with Gasteiger partial charge in [-0.25, -0.2) is 4.39 Å². The minimum absolute atomic E-state index is 0.204. The maximum atomic E-state index is 13.4. The molecule has 1 saturated carbocycles. The van der Waals surface area contributed by atoms with Crippen LogP contribution in [0.4, 0.5) is 4.39 Å². The standard InChI is InChI=1S/C15H16FNO2/c1-9-6-15(7-9)8-12(18)17-14(19)13(15)10-3-2-4-11(16)5-10/h2-5,9,13H,6-8H2,1H3,(H,17,18,19). The SMILES string of the molecule is CC1CC2(CC(=O)NC(=O)C2c2cccc(F)c2)C1. The molecule has 1 aliphatic heterocycles. The molecule has 4 heteroatoms. The van der Waals surface area contributed by atoms with Gasteiger partial charge in [0.15, 0.2) is 0 Å². The van der Waals surface area contributed by atoms with Crippen LogP contribution < -0.4 is 5.32 Å². The Kier molecular flexibility index (Phi) is 2.69. The summed E-state index contributed by atoms with van der Waals surface area (Å²) < 4.78 is 13.4. The average Bonchev–Trinajstić information content (AvgIpc) is 2.26. The minimum Gasteiger partial charge on any atom is -0.296 e. The predicted molar refractivity (Wildman–Crippen MR) is 67.7 cm³/mol. The topological polar surface area (TPSA) is 46.2 Å². The van der Waals surface area contributed by atoms with E-state index >= 15 is 0 Å². The van der Waals surface area contributed by atoms with Gasteiger partial charge in [-0.15, -0.1) is 0 Å². The Morgan fingerprint density at radius 1 is 1.32 bits per heavy atom. The smallest absolute Gasteiger partial charge is 0.234 e. The van der Waals surface area contributed by atoms with E-state index in [1.165, 1.54) is 12.1 Å². The number of carbonyl (C=O) groups excluding carboxylic acids is 2. The van der Waals surface area contributed by atoms with E-state index in [1.807, 2.05) is 0 Å². The van der Waals surface area contributed by atoms with E-state index < -0.39 is 5.92 Å². The zero-order valence-corrected chi connectivity index (χ0v) is 10.8. The quantitative estimate of drug-likeness (QED) is 0.789. The Morgan fingerprint density at radius 3 is 2.68 bits per heavy atom. The Balaban J connectivity index is 2.01. The summed E-state index contributed by atoms with van der Waals surface area (Å²) in [6.07, 6.45) is 2.07. The zero-order valence-electron chi connectivity index (χ0n) is 10.8. The van der Waals surface area contributed by atoms with Crippen LogP contribution in [0.3, 0.4) is 0 Å². The highest BCUT2D eigenvalue weighted by Crippen LogP contribution is 2.58. The number of piperidine rings is 1. The normalized spacial score (nSPS) is 34.0. The molecule has 2 amide bonds. The van der Waals surface area contributed by atoms with E-state index in [0.717, 1.165) is 12.8 Å². The van der Waals surface area contributed by atoms with Crippen molar-refractivity contribution in [1.29, 1.82) is 0 Å². The highest BCUT2D eigenvalue weighted by Gasteiger charge is 2.55. The van der Waals surface area contributed by atoms with Gasteiger partial charge in [-0.3, -0.25) is 14.9 Å². The first-order valence-corrected chi connectivity index (χ1v) is 6.59. The van der Waals surface area contributed by atoms with Crippen LogP contribution in [0.2, 0.25) is 0 Å². The fraction of sp³-hybridized carbons (Fsp3) is 0.467. The van der Waals surface area contributed by atoms with Gasteiger partial charge in [-0.05, 0) is 41.9 Å². The van der Waals surface area contributed by atoms with Crippen LogP contribution in [0.15, 0.2) is 24.3 Å². The molecule has 0 bridgehead atoms. The van der Waals surface area contributed by atoms with Crippen LogP contribution in [-0.2, 0) is 9.59 Å². The number of carbonyl (C=O) groups is 2. The van der Waals surface area contributed by atoms with E-state index in [0.29, 0.717) is 17.9 Å². The van der Waals surface area contributed by atoms with Gasteiger partial charge < -0.3 is 0 Å². The maximum Gasteiger partial charge on any atom is 0.234 e. The highest BCUT2D eigenvalue weighted by molar-refractivity contribution is 6.02. The van der Waals surface area contributed by atoms with Gasteiger partial charge in [0.1, 0.15) is 5.82 Å². The molecule has 1 saturated heterocycles. The summed E-state index contributed by atoms with van der Waals surface area (Å²) in [5.74, 6) is -0.713. The van der Waals surface area contributed by atoms with E-state index in [2.05, 4.69) is 12.2 Å². The maximum absolute atomic E-state index is 13.4. The van der Waals surface area contributed by atoms with Crippen molar-refractivity contribution >= 4 is 11.8 Å². The summed E-state index contributed by atoms with van der Waals surface area (Å²) >= 11 is 0. The number of nitrogens with one attached hydrogen (secondary N) is 1. The Labute approximate surface area is 111 Å². The van der Waals surface area contributed by atoms with E-state index in [4.69, 9.17) is 0 Å². The van der Waals surface area contributed by atoms with Crippen molar-refractivity contribution in [2.45, 2.75) is 32.1 Å². The fourth-order valence-electron chi connectivity index (χ4n) is 3.85. The largest absolute Gasteiger partial charge is 0.296 e. The predicted octanol–water partition coefficient (Wildman–Crippen LogP) is 2.37. The molecule has 2 aliphatic rings. The Morgan fingerprint density at radius 2 is 2.05 bits per heavy atom. The van der Waals surface area contributed by atoms with Crippen LogP contribution in [0.1, 0.15) is 37.7 Å². The second kappa shape index (κ2) is 4.15. The second-order valence-electron chi connectivity index (χ2n) is 5.95. The number of hydrogen-bond acceptors (Lipinski definition) is 2. The van der Waals surface area contributed by atoms with Crippen molar-refractivity contribution in [2.24, 2.45) is 11.3 Å². The Hall–Kier alpha value is -1.71.